The fourth-order valence-corrected chi connectivity index (χ4v) is 4.02. The number of aromatic nitrogens is 1. The van der Waals surface area contributed by atoms with E-state index in [4.69, 9.17) is 0 Å². The van der Waals surface area contributed by atoms with Gasteiger partial charge in [0.05, 0.1) is 5.01 Å². The van der Waals surface area contributed by atoms with Crippen molar-refractivity contribution in [3.63, 3.8) is 0 Å². The van der Waals surface area contributed by atoms with E-state index in [-0.39, 0.29) is 5.54 Å². The molecule has 114 valence electrons. The van der Waals surface area contributed by atoms with E-state index in [0.29, 0.717) is 5.41 Å². The summed E-state index contributed by atoms with van der Waals surface area (Å²) in [7, 11) is 0. The van der Waals surface area contributed by atoms with Gasteiger partial charge in [0.15, 0.2) is 0 Å². The van der Waals surface area contributed by atoms with Gasteiger partial charge in [0.2, 0.25) is 0 Å². The summed E-state index contributed by atoms with van der Waals surface area (Å²) in [5, 5.41) is 7.13. The van der Waals surface area contributed by atoms with Crippen molar-refractivity contribution < 1.29 is 0 Å². The van der Waals surface area contributed by atoms with Crippen molar-refractivity contribution in [2.24, 2.45) is 17.3 Å². The Bertz CT molecular complexity index is 403. The maximum Gasteiger partial charge on any atom is 0.0927 e. The van der Waals surface area contributed by atoms with Gasteiger partial charge in [-0.1, -0.05) is 13.8 Å². The van der Waals surface area contributed by atoms with Crippen LogP contribution in [0, 0.1) is 17.3 Å². The van der Waals surface area contributed by atoms with E-state index in [1.54, 1.807) is 0 Å². The van der Waals surface area contributed by atoms with E-state index in [2.05, 4.69) is 50.3 Å². The fourth-order valence-electron chi connectivity index (χ4n) is 3.31. The highest BCUT2D eigenvalue weighted by Gasteiger charge is 2.35. The Morgan fingerprint density at radius 2 is 2.10 bits per heavy atom. The van der Waals surface area contributed by atoms with Crippen LogP contribution in [0.4, 0.5) is 0 Å². The molecule has 1 N–H and O–H groups in total. The molecule has 0 spiro atoms. The summed E-state index contributed by atoms with van der Waals surface area (Å²) in [6.07, 6.45) is 7.15. The average molecular weight is 295 g/mol. The lowest BCUT2D eigenvalue weighted by Gasteiger charge is -2.41. The fraction of sp³-hybridized carbons (Fsp3) is 0.824. The average Bonchev–Trinajstić information content (AvgIpc) is 2.78. The molecule has 0 bridgehead atoms. The Morgan fingerprint density at radius 3 is 2.70 bits per heavy atom. The largest absolute Gasteiger partial charge is 0.312 e. The molecule has 1 aromatic heterocycles. The van der Waals surface area contributed by atoms with Crippen LogP contribution in [0.2, 0.25) is 0 Å². The lowest BCUT2D eigenvalue weighted by Crippen LogP contribution is -2.43. The van der Waals surface area contributed by atoms with Crippen LogP contribution in [-0.2, 0) is 6.42 Å². The van der Waals surface area contributed by atoms with Gasteiger partial charge in [0.1, 0.15) is 0 Å². The molecule has 0 radical (unpaired) electrons. The van der Waals surface area contributed by atoms with Crippen LogP contribution in [0.15, 0.2) is 11.6 Å². The zero-order valence-electron chi connectivity index (χ0n) is 13.7. The first-order chi connectivity index (χ1) is 9.25. The lowest BCUT2D eigenvalue weighted by atomic mass is 9.66. The normalized spacial score (nSPS) is 26.6. The van der Waals surface area contributed by atoms with Crippen LogP contribution >= 0.6 is 11.3 Å². The molecular weight excluding hydrogens is 264 g/mol. The molecule has 2 nitrogen and oxygen atoms in total. The van der Waals surface area contributed by atoms with Crippen molar-refractivity contribution in [1.29, 1.82) is 0 Å². The van der Waals surface area contributed by atoms with Gasteiger partial charge in [-0.05, 0) is 63.8 Å². The monoisotopic (exact) mass is 294 g/mol. The lowest BCUT2D eigenvalue weighted by molar-refractivity contribution is 0.111. The third-order valence-corrected chi connectivity index (χ3v) is 5.29. The highest BCUT2D eigenvalue weighted by atomic mass is 32.1. The Kier molecular flexibility index (Phi) is 4.91. The Hall–Kier alpha value is -0.410. The molecule has 1 heterocycles. The minimum absolute atomic E-state index is 0.221. The molecule has 0 amide bonds. The molecule has 1 aliphatic rings. The van der Waals surface area contributed by atoms with Gasteiger partial charge in [0.25, 0.3) is 0 Å². The summed E-state index contributed by atoms with van der Waals surface area (Å²) in [4.78, 5) is 4.50. The summed E-state index contributed by atoms with van der Waals surface area (Å²) in [6, 6.07) is 0. The third-order valence-electron chi connectivity index (χ3n) is 4.49. The number of rotatable bonds is 4. The molecule has 1 aromatic rings. The van der Waals surface area contributed by atoms with Gasteiger partial charge in [0, 0.05) is 23.5 Å². The zero-order chi connectivity index (χ0) is 14.8. The van der Waals surface area contributed by atoms with Crippen molar-refractivity contribution in [2.45, 2.75) is 65.8 Å². The second-order valence-electron chi connectivity index (χ2n) is 8.19. The van der Waals surface area contributed by atoms with E-state index in [1.165, 1.54) is 24.3 Å². The molecule has 0 aromatic carbocycles. The molecule has 1 aliphatic carbocycles. The van der Waals surface area contributed by atoms with Gasteiger partial charge in [-0.2, -0.15) is 0 Å². The Balaban J connectivity index is 2.00. The number of thiazole rings is 1. The summed E-state index contributed by atoms with van der Waals surface area (Å²) < 4.78 is 0. The van der Waals surface area contributed by atoms with Crippen molar-refractivity contribution in [2.75, 3.05) is 6.54 Å². The van der Waals surface area contributed by atoms with E-state index < -0.39 is 0 Å². The zero-order valence-corrected chi connectivity index (χ0v) is 14.5. The molecule has 0 aliphatic heterocycles. The standard InChI is InChI=1S/C17H30N2S/c1-16(2,3)19-12-13-6-7-17(4,5)11-14(13)10-15-18-8-9-20-15/h8-9,13-14,19H,6-7,10-12H2,1-5H3. The topological polar surface area (TPSA) is 24.9 Å². The summed E-state index contributed by atoms with van der Waals surface area (Å²) in [5.74, 6) is 1.57. The first kappa shape index (κ1) is 16.0. The van der Waals surface area contributed by atoms with Crippen molar-refractivity contribution in [3.05, 3.63) is 16.6 Å². The molecule has 2 unspecified atom stereocenters. The smallest absolute Gasteiger partial charge is 0.0927 e. The van der Waals surface area contributed by atoms with E-state index in [1.807, 2.05) is 17.5 Å². The molecule has 1 saturated carbocycles. The number of nitrogens with zero attached hydrogens (tertiary/aromatic N) is 1. The minimum Gasteiger partial charge on any atom is -0.312 e. The van der Waals surface area contributed by atoms with Crippen LogP contribution < -0.4 is 5.32 Å². The first-order valence-electron chi connectivity index (χ1n) is 7.89. The molecule has 2 atom stereocenters. The summed E-state index contributed by atoms with van der Waals surface area (Å²) in [5.41, 5.74) is 0.721. The van der Waals surface area contributed by atoms with Gasteiger partial charge in [-0.15, -0.1) is 11.3 Å². The Morgan fingerprint density at radius 1 is 1.35 bits per heavy atom. The summed E-state index contributed by atoms with van der Waals surface area (Å²) in [6.45, 7) is 12.8. The van der Waals surface area contributed by atoms with E-state index >= 15 is 0 Å². The van der Waals surface area contributed by atoms with E-state index in [0.717, 1.165) is 24.8 Å². The molecule has 1 fully saturated rings. The van der Waals surface area contributed by atoms with Crippen molar-refractivity contribution in [1.82, 2.24) is 10.3 Å². The van der Waals surface area contributed by atoms with Crippen molar-refractivity contribution >= 4 is 11.3 Å². The predicted molar refractivity (Wildman–Crippen MR) is 88.2 cm³/mol. The molecule has 2 rings (SSSR count). The molecule has 0 saturated heterocycles. The van der Waals surface area contributed by atoms with Crippen LogP contribution in [0.5, 0.6) is 0 Å². The van der Waals surface area contributed by atoms with Gasteiger partial charge >= 0.3 is 0 Å². The van der Waals surface area contributed by atoms with Crippen LogP contribution in [-0.4, -0.2) is 17.1 Å². The van der Waals surface area contributed by atoms with Gasteiger partial charge < -0.3 is 5.32 Å². The number of nitrogens with one attached hydrogen (secondary N) is 1. The predicted octanol–water partition coefficient (Wildman–Crippen LogP) is 4.52. The maximum atomic E-state index is 4.50. The number of hydrogen-bond acceptors (Lipinski definition) is 3. The highest BCUT2D eigenvalue weighted by Crippen LogP contribution is 2.43. The molecular formula is C17H30N2S. The highest BCUT2D eigenvalue weighted by molar-refractivity contribution is 7.09. The maximum absolute atomic E-state index is 4.50. The Labute approximate surface area is 128 Å². The van der Waals surface area contributed by atoms with E-state index in [9.17, 15) is 0 Å². The first-order valence-corrected chi connectivity index (χ1v) is 8.77. The second-order valence-corrected chi connectivity index (χ2v) is 9.17. The third kappa shape index (κ3) is 4.85. The second kappa shape index (κ2) is 6.15. The quantitative estimate of drug-likeness (QED) is 0.883. The summed E-state index contributed by atoms with van der Waals surface area (Å²) >= 11 is 1.81. The van der Waals surface area contributed by atoms with Crippen LogP contribution in [0.1, 0.15) is 58.9 Å². The molecule has 20 heavy (non-hydrogen) atoms. The van der Waals surface area contributed by atoms with Crippen LogP contribution in [0.3, 0.4) is 0 Å². The minimum atomic E-state index is 0.221. The van der Waals surface area contributed by atoms with Gasteiger partial charge in [-0.25, -0.2) is 4.98 Å². The van der Waals surface area contributed by atoms with Crippen molar-refractivity contribution in [3.8, 4) is 0 Å². The van der Waals surface area contributed by atoms with Gasteiger partial charge in [-0.3, -0.25) is 0 Å². The van der Waals surface area contributed by atoms with Crippen LogP contribution in [0.25, 0.3) is 0 Å². The SMILES string of the molecule is CC1(C)CCC(CNC(C)(C)C)C(Cc2nccs2)C1. The molecule has 3 heteroatoms. The number of hydrogen-bond donors (Lipinski definition) is 1.